The van der Waals surface area contributed by atoms with Gasteiger partial charge in [-0.25, -0.2) is 0 Å². The summed E-state index contributed by atoms with van der Waals surface area (Å²) in [5.74, 6) is -0.492. The first-order chi connectivity index (χ1) is 10.3. The third-order valence-electron chi connectivity index (χ3n) is 4.36. The van der Waals surface area contributed by atoms with E-state index in [-0.39, 0.29) is 11.8 Å². The highest BCUT2D eigenvalue weighted by molar-refractivity contribution is 8.00. The van der Waals surface area contributed by atoms with Crippen molar-refractivity contribution in [2.45, 2.75) is 25.2 Å². The Labute approximate surface area is 139 Å². The van der Waals surface area contributed by atoms with E-state index in [0.717, 1.165) is 4.90 Å². The van der Waals surface area contributed by atoms with Crippen LogP contribution in [0.1, 0.15) is 20.3 Å². The molecule has 1 saturated heterocycles. The molecule has 120 valence electrons. The molecule has 2 rings (SSSR count). The van der Waals surface area contributed by atoms with Crippen molar-refractivity contribution >= 4 is 35.2 Å². The highest BCUT2D eigenvalue weighted by Gasteiger charge is 2.48. The van der Waals surface area contributed by atoms with E-state index in [1.165, 1.54) is 11.8 Å². The van der Waals surface area contributed by atoms with Gasteiger partial charge >= 0.3 is 5.97 Å². The van der Waals surface area contributed by atoms with Crippen molar-refractivity contribution < 1.29 is 14.7 Å². The Morgan fingerprint density at radius 3 is 2.50 bits per heavy atom. The van der Waals surface area contributed by atoms with Crippen LogP contribution < -0.4 is 0 Å². The fraction of sp³-hybridized carbons (Fsp3) is 0.500. The summed E-state index contributed by atoms with van der Waals surface area (Å²) in [6.07, 6.45) is 0.525. The van der Waals surface area contributed by atoms with E-state index < -0.39 is 11.4 Å². The van der Waals surface area contributed by atoms with E-state index in [4.69, 9.17) is 11.6 Å². The number of thioether (sulfide) groups is 1. The number of halogens is 1. The van der Waals surface area contributed by atoms with Gasteiger partial charge in [-0.2, -0.15) is 0 Å². The molecule has 4 nitrogen and oxygen atoms in total. The van der Waals surface area contributed by atoms with E-state index in [1.807, 2.05) is 26.0 Å². The molecule has 22 heavy (non-hydrogen) atoms. The third-order valence-corrected chi connectivity index (χ3v) is 5.61. The summed E-state index contributed by atoms with van der Waals surface area (Å²) in [7, 11) is 0. The maximum atomic E-state index is 12.3. The molecule has 1 amide bonds. The molecule has 0 radical (unpaired) electrons. The fourth-order valence-electron chi connectivity index (χ4n) is 2.71. The summed E-state index contributed by atoms with van der Waals surface area (Å²) in [5, 5.41) is 10.2. The van der Waals surface area contributed by atoms with Crippen molar-refractivity contribution in [1.29, 1.82) is 0 Å². The summed E-state index contributed by atoms with van der Waals surface area (Å²) < 4.78 is 0. The van der Waals surface area contributed by atoms with Crippen LogP contribution in [-0.4, -0.2) is 40.7 Å². The number of nitrogens with zero attached hydrogens (tertiary/aromatic N) is 1. The predicted octanol–water partition coefficient (Wildman–Crippen LogP) is 3.39. The fourth-order valence-corrected chi connectivity index (χ4v) is 3.63. The van der Waals surface area contributed by atoms with E-state index in [1.54, 1.807) is 17.0 Å². The molecule has 0 aromatic heterocycles. The number of carbonyl (C=O) groups is 2. The summed E-state index contributed by atoms with van der Waals surface area (Å²) in [6.45, 7) is 4.64. The average Bonchev–Trinajstić information content (AvgIpc) is 2.93. The van der Waals surface area contributed by atoms with Gasteiger partial charge in [0.15, 0.2) is 0 Å². The van der Waals surface area contributed by atoms with Crippen molar-refractivity contribution in [3.05, 3.63) is 29.3 Å². The molecule has 1 unspecified atom stereocenters. The minimum absolute atomic E-state index is 0.00622. The van der Waals surface area contributed by atoms with Gasteiger partial charge < -0.3 is 10.0 Å². The Bertz CT molecular complexity index is 561. The van der Waals surface area contributed by atoms with Crippen molar-refractivity contribution in [3.63, 3.8) is 0 Å². The minimum Gasteiger partial charge on any atom is -0.481 e. The number of aliphatic carboxylic acids is 1. The largest absolute Gasteiger partial charge is 0.481 e. The van der Waals surface area contributed by atoms with Crippen molar-refractivity contribution in [2.24, 2.45) is 11.3 Å². The monoisotopic (exact) mass is 341 g/mol. The lowest BCUT2D eigenvalue weighted by molar-refractivity contribution is -0.151. The number of hydrogen-bond donors (Lipinski definition) is 1. The van der Waals surface area contributed by atoms with Gasteiger partial charge in [-0.05, 0) is 36.6 Å². The quantitative estimate of drug-likeness (QED) is 0.834. The van der Waals surface area contributed by atoms with Gasteiger partial charge in [0, 0.05) is 23.0 Å². The zero-order valence-electron chi connectivity index (χ0n) is 12.7. The van der Waals surface area contributed by atoms with Gasteiger partial charge in [-0.1, -0.05) is 25.4 Å². The molecule has 0 bridgehead atoms. The van der Waals surface area contributed by atoms with Crippen LogP contribution in [0, 0.1) is 11.3 Å². The zero-order chi connectivity index (χ0) is 16.3. The van der Waals surface area contributed by atoms with Crippen molar-refractivity contribution in [3.8, 4) is 0 Å². The van der Waals surface area contributed by atoms with Crippen molar-refractivity contribution in [2.75, 3.05) is 18.8 Å². The molecule has 1 N–H and O–H groups in total. The van der Waals surface area contributed by atoms with Gasteiger partial charge in [0.2, 0.25) is 5.91 Å². The minimum atomic E-state index is -0.805. The number of carboxylic acid groups (broad SMARTS) is 1. The normalized spacial score (nSPS) is 21.4. The van der Waals surface area contributed by atoms with E-state index >= 15 is 0 Å². The molecule has 1 fully saturated rings. The van der Waals surface area contributed by atoms with Crippen LogP contribution in [0.25, 0.3) is 0 Å². The van der Waals surface area contributed by atoms with Crippen LogP contribution >= 0.6 is 23.4 Å². The molecule has 1 aromatic rings. The van der Waals surface area contributed by atoms with E-state index in [2.05, 4.69) is 0 Å². The van der Waals surface area contributed by atoms with E-state index in [9.17, 15) is 14.7 Å². The topological polar surface area (TPSA) is 57.6 Å². The van der Waals surface area contributed by atoms with Crippen LogP contribution in [0.15, 0.2) is 29.2 Å². The van der Waals surface area contributed by atoms with Crippen LogP contribution in [-0.2, 0) is 9.59 Å². The average molecular weight is 342 g/mol. The smallest absolute Gasteiger partial charge is 0.311 e. The highest BCUT2D eigenvalue weighted by Crippen LogP contribution is 2.38. The Kier molecular flexibility index (Phi) is 5.40. The maximum Gasteiger partial charge on any atom is 0.311 e. The second kappa shape index (κ2) is 6.92. The predicted molar refractivity (Wildman–Crippen MR) is 88.3 cm³/mol. The molecule has 1 aliphatic heterocycles. The van der Waals surface area contributed by atoms with E-state index in [0.29, 0.717) is 30.3 Å². The molecule has 1 aliphatic rings. The van der Waals surface area contributed by atoms with Gasteiger partial charge in [-0.15, -0.1) is 11.8 Å². The summed E-state index contributed by atoms with van der Waals surface area (Å²) in [5.41, 5.74) is -0.805. The second-order valence-corrected chi connectivity index (χ2v) is 7.41. The number of carbonyl (C=O) groups excluding carboxylic acids is 1. The zero-order valence-corrected chi connectivity index (χ0v) is 14.3. The number of rotatable bonds is 5. The first-order valence-electron chi connectivity index (χ1n) is 7.25. The molecule has 1 aromatic carbocycles. The third kappa shape index (κ3) is 3.58. The summed E-state index contributed by atoms with van der Waals surface area (Å²) >= 11 is 7.27. The van der Waals surface area contributed by atoms with Crippen molar-refractivity contribution in [1.82, 2.24) is 4.90 Å². The molecular formula is C16H20ClNO3S. The Balaban J connectivity index is 1.94. The first-order valence-corrected chi connectivity index (χ1v) is 8.61. The number of benzene rings is 1. The molecule has 0 spiro atoms. The maximum absolute atomic E-state index is 12.3. The Morgan fingerprint density at radius 2 is 2.00 bits per heavy atom. The molecular weight excluding hydrogens is 322 g/mol. The van der Waals surface area contributed by atoms with Crippen LogP contribution in [0.2, 0.25) is 5.02 Å². The SMILES string of the molecule is CC(C)C1(C(=O)O)CCN(C(=O)CSc2ccc(Cl)cc2)C1. The highest BCUT2D eigenvalue weighted by atomic mass is 35.5. The van der Waals surface area contributed by atoms with Gasteiger partial charge in [0.25, 0.3) is 0 Å². The molecule has 0 saturated carbocycles. The number of likely N-dealkylation sites (tertiary alicyclic amines) is 1. The number of carboxylic acids is 1. The second-order valence-electron chi connectivity index (χ2n) is 5.92. The van der Waals surface area contributed by atoms with Gasteiger partial charge in [0.1, 0.15) is 0 Å². The summed E-state index contributed by atoms with van der Waals surface area (Å²) in [6, 6.07) is 7.33. The lowest BCUT2D eigenvalue weighted by Crippen LogP contribution is -2.41. The Morgan fingerprint density at radius 1 is 1.36 bits per heavy atom. The van der Waals surface area contributed by atoms with Crippen LogP contribution in [0.4, 0.5) is 0 Å². The van der Waals surface area contributed by atoms with Gasteiger partial charge in [-0.3, -0.25) is 9.59 Å². The molecule has 1 atom stereocenters. The Hall–Kier alpha value is -1.20. The molecule has 6 heteroatoms. The number of amides is 1. The summed E-state index contributed by atoms with van der Waals surface area (Å²) in [4.78, 5) is 26.5. The lowest BCUT2D eigenvalue weighted by atomic mass is 9.76. The first kappa shape index (κ1) is 17.2. The molecule has 1 heterocycles. The number of hydrogen-bond acceptors (Lipinski definition) is 3. The van der Waals surface area contributed by atoms with Crippen LogP contribution in [0.3, 0.4) is 0 Å². The van der Waals surface area contributed by atoms with Crippen LogP contribution in [0.5, 0.6) is 0 Å². The van der Waals surface area contributed by atoms with Gasteiger partial charge in [0.05, 0.1) is 11.2 Å². The standard InChI is InChI=1S/C16H20ClNO3S/c1-11(2)16(15(20)21)7-8-18(10-16)14(19)9-22-13-5-3-12(17)4-6-13/h3-6,11H,7-10H2,1-2H3,(H,20,21). The lowest BCUT2D eigenvalue weighted by Gasteiger charge is -2.28. The molecule has 0 aliphatic carbocycles.